The van der Waals surface area contributed by atoms with Crippen LogP contribution in [-0.2, 0) is 16.4 Å². The molecule has 0 aromatic heterocycles. The van der Waals surface area contributed by atoms with Gasteiger partial charge in [0.1, 0.15) is 5.75 Å². The van der Waals surface area contributed by atoms with Crippen LogP contribution >= 0.6 is 0 Å². The normalized spacial score (nSPS) is 16.8. The molecule has 0 radical (unpaired) electrons. The van der Waals surface area contributed by atoms with Gasteiger partial charge in [-0.2, -0.15) is 0 Å². The van der Waals surface area contributed by atoms with Gasteiger partial charge in [0.2, 0.25) is 0 Å². The summed E-state index contributed by atoms with van der Waals surface area (Å²) in [5.41, 5.74) is 3.86. The van der Waals surface area contributed by atoms with Crippen molar-refractivity contribution in [3.05, 3.63) is 47.5 Å². The van der Waals surface area contributed by atoms with Crippen LogP contribution in [0.2, 0.25) is 0 Å². The van der Waals surface area contributed by atoms with E-state index in [0.29, 0.717) is 17.2 Å². The molecule has 138 valence electrons. The van der Waals surface area contributed by atoms with Gasteiger partial charge in [-0.15, -0.1) is 0 Å². The smallest absolute Gasteiger partial charge is 0.264 e. The minimum absolute atomic E-state index is 0.315. The third kappa shape index (κ3) is 2.82. The maximum atomic E-state index is 13.3. The maximum Gasteiger partial charge on any atom is 0.264 e. The lowest BCUT2D eigenvalue weighted by Crippen LogP contribution is -2.29. The van der Waals surface area contributed by atoms with Crippen molar-refractivity contribution >= 4 is 21.4 Å². The molecular formula is C20H24N2O3S. The standard InChI is InChI=1S/C20H24N2O3S/c1-15-13-18(7-8-20(15)25-2)26(23,24)22-12-9-16-5-6-17(14-19(16)22)21-10-3-4-11-21/h5-8,13-14H,3-4,9-12H2,1-2H3. The van der Waals surface area contributed by atoms with Gasteiger partial charge >= 0.3 is 0 Å². The molecule has 26 heavy (non-hydrogen) atoms. The van der Waals surface area contributed by atoms with E-state index in [1.54, 1.807) is 29.6 Å². The first-order valence-electron chi connectivity index (χ1n) is 9.06. The van der Waals surface area contributed by atoms with Gasteiger partial charge in [0.25, 0.3) is 10.0 Å². The van der Waals surface area contributed by atoms with E-state index in [-0.39, 0.29) is 0 Å². The Morgan fingerprint density at radius 2 is 1.77 bits per heavy atom. The largest absolute Gasteiger partial charge is 0.496 e. The highest BCUT2D eigenvalue weighted by Crippen LogP contribution is 2.37. The summed E-state index contributed by atoms with van der Waals surface area (Å²) in [4.78, 5) is 2.65. The second-order valence-electron chi connectivity index (χ2n) is 6.97. The van der Waals surface area contributed by atoms with Crippen LogP contribution < -0.4 is 13.9 Å². The quantitative estimate of drug-likeness (QED) is 0.826. The first kappa shape index (κ1) is 17.2. The van der Waals surface area contributed by atoms with Crippen molar-refractivity contribution in [2.24, 2.45) is 0 Å². The van der Waals surface area contributed by atoms with Crippen LogP contribution in [0.4, 0.5) is 11.4 Å². The van der Waals surface area contributed by atoms with E-state index in [0.717, 1.165) is 42.0 Å². The first-order valence-corrected chi connectivity index (χ1v) is 10.5. The van der Waals surface area contributed by atoms with Crippen molar-refractivity contribution in [3.8, 4) is 5.75 Å². The Balaban J connectivity index is 1.71. The topological polar surface area (TPSA) is 49.9 Å². The predicted molar refractivity (Wildman–Crippen MR) is 104 cm³/mol. The molecule has 0 amide bonds. The molecule has 2 aliphatic heterocycles. The summed E-state index contributed by atoms with van der Waals surface area (Å²) in [6.07, 6.45) is 3.15. The Morgan fingerprint density at radius 1 is 1.00 bits per heavy atom. The zero-order valence-corrected chi connectivity index (χ0v) is 16.1. The van der Waals surface area contributed by atoms with Crippen LogP contribution in [0.3, 0.4) is 0 Å². The van der Waals surface area contributed by atoms with Crippen molar-refractivity contribution in [2.45, 2.75) is 31.1 Å². The van der Waals surface area contributed by atoms with Gasteiger partial charge in [0.15, 0.2) is 0 Å². The maximum absolute atomic E-state index is 13.3. The third-order valence-electron chi connectivity index (χ3n) is 5.35. The van der Waals surface area contributed by atoms with Gasteiger partial charge in [-0.05, 0) is 67.6 Å². The Bertz CT molecular complexity index is 934. The molecule has 5 nitrogen and oxygen atoms in total. The molecule has 2 aliphatic rings. The Hall–Kier alpha value is -2.21. The Labute approximate surface area is 155 Å². The number of hydrogen-bond donors (Lipinski definition) is 0. The monoisotopic (exact) mass is 372 g/mol. The van der Waals surface area contributed by atoms with Gasteiger partial charge in [-0.25, -0.2) is 8.42 Å². The molecule has 0 N–H and O–H groups in total. The number of rotatable bonds is 4. The highest BCUT2D eigenvalue weighted by atomic mass is 32.2. The van der Waals surface area contributed by atoms with Crippen LogP contribution in [0.15, 0.2) is 41.3 Å². The number of fused-ring (bicyclic) bond motifs is 1. The summed E-state index contributed by atoms with van der Waals surface area (Å²) < 4.78 is 33.3. The number of methoxy groups -OCH3 is 1. The fourth-order valence-corrected chi connectivity index (χ4v) is 5.48. The van der Waals surface area contributed by atoms with Gasteiger partial charge in [-0.3, -0.25) is 4.31 Å². The molecule has 2 aromatic rings. The first-order chi connectivity index (χ1) is 12.5. The van der Waals surface area contributed by atoms with Crippen LogP contribution in [0.1, 0.15) is 24.0 Å². The highest BCUT2D eigenvalue weighted by Gasteiger charge is 2.32. The SMILES string of the molecule is COc1ccc(S(=O)(=O)N2CCc3ccc(N4CCCC4)cc32)cc1C. The zero-order valence-electron chi connectivity index (χ0n) is 15.2. The lowest BCUT2D eigenvalue weighted by molar-refractivity contribution is 0.411. The van der Waals surface area contributed by atoms with Crippen molar-refractivity contribution in [2.75, 3.05) is 35.9 Å². The van der Waals surface area contributed by atoms with Crippen LogP contribution in [0.5, 0.6) is 5.75 Å². The molecule has 4 rings (SSSR count). The third-order valence-corrected chi connectivity index (χ3v) is 7.16. The fraction of sp³-hybridized carbons (Fsp3) is 0.400. The summed E-state index contributed by atoms with van der Waals surface area (Å²) in [6, 6.07) is 11.3. The molecule has 2 aromatic carbocycles. The van der Waals surface area contributed by atoms with Gasteiger partial charge in [-0.1, -0.05) is 6.07 Å². The molecule has 0 saturated carbocycles. The average Bonchev–Trinajstić information content (AvgIpc) is 3.30. The molecular weight excluding hydrogens is 348 g/mol. The Morgan fingerprint density at radius 3 is 2.46 bits per heavy atom. The lowest BCUT2D eigenvalue weighted by atomic mass is 10.1. The molecule has 0 atom stereocenters. The van der Waals surface area contributed by atoms with Crippen molar-refractivity contribution in [1.82, 2.24) is 0 Å². The molecule has 2 heterocycles. The summed E-state index contributed by atoms with van der Waals surface area (Å²) in [7, 11) is -1.99. The number of aryl methyl sites for hydroxylation is 1. The molecule has 0 unspecified atom stereocenters. The van der Waals surface area contributed by atoms with Crippen LogP contribution in [0, 0.1) is 6.92 Å². The number of hydrogen-bond acceptors (Lipinski definition) is 4. The van der Waals surface area contributed by atoms with E-state index in [9.17, 15) is 8.42 Å². The fourth-order valence-electron chi connectivity index (χ4n) is 3.90. The Kier molecular flexibility index (Phi) is 4.31. The minimum atomic E-state index is -3.58. The second-order valence-corrected chi connectivity index (χ2v) is 8.83. The molecule has 1 fully saturated rings. The van der Waals surface area contributed by atoms with E-state index in [2.05, 4.69) is 17.0 Å². The van der Waals surface area contributed by atoms with Crippen molar-refractivity contribution in [3.63, 3.8) is 0 Å². The summed E-state index contributed by atoms with van der Waals surface area (Å²) in [5, 5.41) is 0. The van der Waals surface area contributed by atoms with E-state index >= 15 is 0 Å². The summed E-state index contributed by atoms with van der Waals surface area (Å²) in [6.45, 7) is 4.44. The van der Waals surface area contributed by atoms with E-state index in [1.807, 2.05) is 13.0 Å². The van der Waals surface area contributed by atoms with Gasteiger partial charge in [0, 0.05) is 25.3 Å². The second kappa shape index (κ2) is 6.50. The van der Waals surface area contributed by atoms with Crippen LogP contribution in [-0.4, -0.2) is 35.2 Å². The van der Waals surface area contributed by atoms with E-state index < -0.39 is 10.0 Å². The van der Waals surface area contributed by atoms with E-state index in [1.165, 1.54) is 12.8 Å². The van der Waals surface area contributed by atoms with Gasteiger partial charge < -0.3 is 9.64 Å². The molecule has 0 bridgehead atoms. The zero-order chi connectivity index (χ0) is 18.3. The number of benzene rings is 2. The number of nitrogens with zero attached hydrogens (tertiary/aromatic N) is 2. The molecule has 1 saturated heterocycles. The van der Waals surface area contributed by atoms with Crippen molar-refractivity contribution in [1.29, 1.82) is 0 Å². The highest BCUT2D eigenvalue weighted by molar-refractivity contribution is 7.92. The molecule has 6 heteroatoms. The van der Waals surface area contributed by atoms with Crippen LogP contribution in [0.25, 0.3) is 0 Å². The average molecular weight is 372 g/mol. The predicted octanol–water partition coefficient (Wildman–Crippen LogP) is 3.36. The van der Waals surface area contributed by atoms with E-state index in [4.69, 9.17) is 4.74 Å². The van der Waals surface area contributed by atoms with Crippen molar-refractivity contribution < 1.29 is 13.2 Å². The number of sulfonamides is 1. The number of anilines is 2. The molecule has 0 spiro atoms. The summed E-state index contributed by atoms with van der Waals surface area (Å²) >= 11 is 0. The van der Waals surface area contributed by atoms with Gasteiger partial charge in [0.05, 0.1) is 17.7 Å². The molecule has 0 aliphatic carbocycles. The number of ether oxygens (including phenoxy) is 1. The summed E-state index contributed by atoms with van der Waals surface area (Å²) in [5.74, 6) is 0.696. The minimum Gasteiger partial charge on any atom is -0.496 e. The lowest BCUT2D eigenvalue weighted by Gasteiger charge is -2.23.